The van der Waals surface area contributed by atoms with Crippen molar-refractivity contribution >= 4 is 11.8 Å². The SMILES string of the molecule is CNc1ncc(C)c(NCC(C2CC2)C2CC2)n1. The maximum absolute atomic E-state index is 4.49. The summed E-state index contributed by atoms with van der Waals surface area (Å²) in [6, 6.07) is 0. The Balaban J connectivity index is 1.64. The molecule has 98 valence electrons. The molecule has 2 aliphatic carbocycles. The van der Waals surface area contributed by atoms with Gasteiger partial charge in [0, 0.05) is 25.4 Å². The number of anilines is 2. The van der Waals surface area contributed by atoms with Crippen molar-refractivity contribution in [2.45, 2.75) is 32.6 Å². The number of rotatable bonds is 6. The zero-order valence-electron chi connectivity index (χ0n) is 11.2. The Labute approximate surface area is 109 Å². The number of hydrogen-bond acceptors (Lipinski definition) is 4. The molecule has 1 heterocycles. The van der Waals surface area contributed by atoms with Crippen molar-refractivity contribution in [1.82, 2.24) is 9.97 Å². The molecule has 0 aromatic carbocycles. The number of aromatic nitrogens is 2. The number of hydrogen-bond donors (Lipinski definition) is 2. The van der Waals surface area contributed by atoms with Gasteiger partial charge in [-0.3, -0.25) is 0 Å². The fourth-order valence-corrected chi connectivity index (χ4v) is 2.72. The van der Waals surface area contributed by atoms with Gasteiger partial charge in [0.15, 0.2) is 0 Å². The first-order valence-electron chi connectivity index (χ1n) is 7.03. The Hall–Kier alpha value is -1.32. The Bertz CT molecular complexity index is 412. The van der Waals surface area contributed by atoms with Crippen LogP contribution in [0.4, 0.5) is 11.8 Å². The summed E-state index contributed by atoms with van der Waals surface area (Å²) in [4.78, 5) is 8.71. The van der Waals surface area contributed by atoms with Gasteiger partial charge in [-0.1, -0.05) is 0 Å². The molecular formula is C14H22N4. The Kier molecular flexibility index (Phi) is 3.10. The monoisotopic (exact) mass is 246 g/mol. The predicted octanol–water partition coefficient (Wildman–Crippen LogP) is 2.67. The minimum Gasteiger partial charge on any atom is -0.369 e. The van der Waals surface area contributed by atoms with Crippen LogP contribution < -0.4 is 10.6 Å². The maximum atomic E-state index is 4.49. The van der Waals surface area contributed by atoms with Gasteiger partial charge in [0.25, 0.3) is 0 Å². The predicted molar refractivity (Wildman–Crippen MR) is 73.7 cm³/mol. The van der Waals surface area contributed by atoms with E-state index in [2.05, 4.69) is 27.5 Å². The molecule has 0 aliphatic heterocycles. The van der Waals surface area contributed by atoms with Gasteiger partial charge in [-0.05, 0) is 50.4 Å². The highest BCUT2D eigenvalue weighted by Crippen LogP contribution is 2.49. The lowest BCUT2D eigenvalue weighted by molar-refractivity contribution is 0.427. The Morgan fingerprint density at radius 1 is 1.28 bits per heavy atom. The lowest BCUT2D eigenvalue weighted by Gasteiger charge is -2.17. The molecule has 0 spiro atoms. The third-order valence-corrected chi connectivity index (χ3v) is 4.16. The molecule has 0 saturated heterocycles. The van der Waals surface area contributed by atoms with Gasteiger partial charge < -0.3 is 10.6 Å². The molecule has 2 N–H and O–H groups in total. The largest absolute Gasteiger partial charge is 0.369 e. The molecule has 1 aromatic rings. The lowest BCUT2D eigenvalue weighted by atomic mass is 9.98. The molecule has 2 saturated carbocycles. The first-order valence-corrected chi connectivity index (χ1v) is 7.03. The van der Waals surface area contributed by atoms with Crippen molar-refractivity contribution in [3.63, 3.8) is 0 Å². The molecular weight excluding hydrogens is 224 g/mol. The zero-order valence-corrected chi connectivity index (χ0v) is 11.2. The molecule has 2 aliphatic rings. The zero-order chi connectivity index (χ0) is 12.5. The van der Waals surface area contributed by atoms with Crippen LogP contribution in [0, 0.1) is 24.7 Å². The van der Waals surface area contributed by atoms with E-state index >= 15 is 0 Å². The van der Waals surface area contributed by atoms with Gasteiger partial charge in [0.1, 0.15) is 5.82 Å². The second-order valence-electron chi connectivity index (χ2n) is 5.69. The van der Waals surface area contributed by atoms with Crippen LogP contribution in [0.1, 0.15) is 31.2 Å². The smallest absolute Gasteiger partial charge is 0.224 e. The van der Waals surface area contributed by atoms with E-state index in [4.69, 9.17) is 0 Å². The average Bonchev–Trinajstić information content (AvgIpc) is 3.25. The topological polar surface area (TPSA) is 49.8 Å². The van der Waals surface area contributed by atoms with Crippen molar-refractivity contribution in [3.8, 4) is 0 Å². The minimum atomic E-state index is 0.692. The maximum Gasteiger partial charge on any atom is 0.224 e. The minimum absolute atomic E-state index is 0.692. The molecule has 3 rings (SSSR count). The fourth-order valence-electron chi connectivity index (χ4n) is 2.72. The van der Waals surface area contributed by atoms with Crippen LogP contribution >= 0.6 is 0 Å². The molecule has 0 radical (unpaired) electrons. The Morgan fingerprint density at radius 2 is 1.94 bits per heavy atom. The highest BCUT2D eigenvalue weighted by Gasteiger charge is 2.41. The highest BCUT2D eigenvalue weighted by molar-refractivity contribution is 5.46. The summed E-state index contributed by atoms with van der Waals surface area (Å²) in [5.41, 5.74) is 1.12. The second-order valence-corrected chi connectivity index (χ2v) is 5.69. The van der Waals surface area contributed by atoms with Gasteiger partial charge in [0.2, 0.25) is 5.95 Å². The highest BCUT2D eigenvalue weighted by atomic mass is 15.1. The molecule has 4 heteroatoms. The Morgan fingerprint density at radius 3 is 2.50 bits per heavy atom. The fraction of sp³-hybridized carbons (Fsp3) is 0.714. The molecule has 2 fully saturated rings. The van der Waals surface area contributed by atoms with Crippen LogP contribution in [-0.4, -0.2) is 23.6 Å². The summed E-state index contributed by atoms with van der Waals surface area (Å²) in [5, 5.41) is 6.53. The number of nitrogens with one attached hydrogen (secondary N) is 2. The van der Waals surface area contributed by atoms with Crippen LogP contribution in [-0.2, 0) is 0 Å². The summed E-state index contributed by atoms with van der Waals surface area (Å²) in [5.74, 6) is 4.52. The third kappa shape index (κ3) is 2.57. The van der Waals surface area contributed by atoms with E-state index in [1.807, 2.05) is 13.2 Å². The summed E-state index contributed by atoms with van der Waals surface area (Å²) in [6.45, 7) is 3.14. The van der Waals surface area contributed by atoms with Gasteiger partial charge in [-0.15, -0.1) is 0 Å². The second kappa shape index (κ2) is 4.75. The molecule has 4 nitrogen and oxygen atoms in total. The molecule has 0 unspecified atom stereocenters. The van der Waals surface area contributed by atoms with E-state index in [9.17, 15) is 0 Å². The first-order chi connectivity index (χ1) is 8.78. The van der Waals surface area contributed by atoms with E-state index in [1.54, 1.807) is 0 Å². The molecule has 1 aromatic heterocycles. The van der Waals surface area contributed by atoms with Crippen LogP contribution in [0.15, 0.2) is 6.20 Å². The summed E-state index contributed by atoms with van der Waals surface area (Å²) in [6.07, 6.45) is 7.63. The van der Waals surface area contributed by atoms with Crippen LogP contribution in [0.2, 0.25) is 0 Å². The van der Waals surface area contributed by atoms with Crippen molar-refractivity contribution in [2.75, 3.05) is 24.2 Å². The van der Waals surface area contributed by atoms with E-state index in [0.717, 1.165) is 35.7 Å². The van der Waals surface area contributed by atoms with Crippen LogP contribution in [0.25, 0.3) is 0 Å². The standard InChI is InChI=1S/C14H22N4/c1-9-7-17-14(15-2)18-13(9)16-8-12(10-3-4-10)11-5-6-11/h7,10-12H,3-6,8H2,1-2H3,(H2,15,16,17,18). The molecule has 0 amide bonds. The van der Waals surface area contributed by atoms with Crippen LogP contribution in [0.3, 0.4) is 0 Å². The summed E-state index contributed by atoms with van der Waals surface area (Å²) < 4.78 is 0. The van der Waals surface area contributed by atoms with E-state index in [1.165, 1.54) is 25.7 Å². The number of nitrogens with zero attached hydrogens (tertiary/aromatic N) is 2. The van der Waals surface area contributed by atoms with Crippen molar-refractivity contribution < 1.29 is 0 Å². The van der Waals surface area contributed by atoms with Gasteiger partial charge in [-0.2, -0.15) is 4.98 Å². The molecule has 18 heavy (non-hydrogen) atoms. The normalized spacial score (nSPS) is 19.1. The van der Waals surface area contributed by atoms with Crippen molar-refractivity contribution in [2.24, 2.45) is 17.8 Å². The van der Waals surface area contributed by atoms with E-state index < -0.39 is 0 Å². The van der Waals surface area contributed by atoms with Crippen LogP contribution in [0.5, 0.6) is 0 Å². The van der Waals surface area contributed by atoms with Gasteiger partial charge >= 0.3 is 0 Å². The average molecular weight is 246 g/mol. The summed E-state index contributed by atoms with van der Waals surface area (Å²) >= 11 is 0. The first kappa shape index (κ1) is 11.8. The molecule has 0 atom stereocenters. The number of aryl methyl sites for hydroxylation is 1. The van der Waals surface area contributed by atoms with Gasteiger partial charge in [-0.25, -0.2) is 4.98 Å². The lowest BCUT2D eigenvalue weighted by Crippen LogP contribution is -2.19. The van der Waals surface area contributed by atoms with E-state index in [-0.39, 0.29) is 0 Å². The van der Waals surface area contributed by atoms with Crippen molar-refractivity contribution in [1.29, 1.82) is 0 Å². The third-order valence-electron chi connectivity index (χ3n) is 4.16. The van der Waals surface area contributed by atoms with E-state index in [0.29, 0.717) is 5.95 Å². The van der Waals surface area contributed by atoms with Crippen molar-refractivity contribution in [3.05, 3.63) is 11.8 Å². The quantitative estimate of drug-likeness (QED) is 0.810. The summed E-state index contributed by atoms with van der Waals surface area (Å²) in [7, 11) is 1.85. The molecule has 0 bridgehead atoms. The van der Waals surface area contributed by atoms with Gasteiger partial charge in [0.05, 0.1) is 0 Å².